The number of halogens is 20. The normalized spacial score (nSPS) is 12.7. The van der Waals surface area contributed by atoms with Crippen molar-refractivity contribution in [3.05, 3.63) is 424 Å². The number of benzene rings is 4. The maximum atomic E-state index is 14.7. The Morgan fingerprint density at radius 1 is 0.135 bits per heavy atom. The third-order valence-corrected chi connectivity index (χ3v) is 22.6. The molecular weight excluding hydrogens is 2050 g/mol. The molecule has 0 saturated heterocycles. The van der Waals surface area contributed by atoms with Crippen LogP contribution in [0.2, 0.25) is 0 Å². The van der Waals surface area contributed by atoms with Crippen molar-refractivity contribution < 1.29 is 109 Å². The van der Waals surface area contributed by atoms with Gasteiger partial charge in [-0.1, -0.05) is 0 Å². The molecule has 0 aliphatic carbocycles. The van der Waals surface area contributed by atoms with Gasteiger partial charge in [0, 0.05) is 132 Å². The van der Waals surface area contributed by atoms with Crippen LogP contribution in [0.3, 0.4) is 0 Å². The first-order valence-electron chi connectivity index (χ1n) is 41.8. The predicted molar refractivity (Wildman–Crippen MR) is 493 cm³/mol. The van der Waals surface area contributed by atoms with E-state index in [0.717, 1.165) is 44.8 Å². The van der Waals surface area contributed by atoms with Crippen LogP contribution in [0, 0.1) is 116 Å². The minimum atomic E-state index is -2.21. The first kappa shape index (κ1) is 91.3. The van der Waals surface area contributed by atoms with Gasteiger partial charge in [0.05, 0.1) is 113 Å². The number of nitrogens with one attached hydrogen (secondary N) is 8. The number of rotatable bonds is 4. The molecule has 8 N–H and O–H groups in total. The molecule has 0 amide bonds. The fraction of sp³-hybridized carbons (Fsp3) is 0. The molecule has 0 saturated carbocycles. The van der Waals surface area contributed by atoms with E-state index in [1.54, 1.807) is 97.1 Å². The maximum Gasteiger partial charge on any atom is 0.200 e. The van der Waals surface area contributed by atoms with Crippen molar-refractivity contribution in [2.75, 3.05) is 0 Å². The number of H-pyrrole nitrogens is 8. The van der Waals surface area contributed by atoms with Crippen molar-refractivity contribution in [2.45, 2.75) is 0 Å². The van der Waals surface area contributed by atoms with Gasteiger partial charge in [-0.3, -0.25) is 0 Å². The Morgan fingerprint density at radius 2 is 0.248 bits per heavy atom. The van der Waals surface area contributed by atoms with Crippen molar-refractivity contribution in [2.24, 2.45) is 0 Å². The molecule has 32 bridgehead atoms. The Kier molecular flexibility index (Phi) is 23.7. The van der Waals surface area contributed by atoms with Gasteiger partial charge in [-0.15, -0.1) is 0 Å². The Hall–Kier alpha value is -17.4. The van der Waals surface area contributed by atoms with E-state index >= 15 is 0 Å². The van der Waals surface area contributed by atoms with Crippen molar-refractivity contribution >= 4 is 183 Å². The standard InChI is InChI=1S/4C26H13F5N4.Pt/c4*27-22-21(23(28)25(30)26(31)24(22)29)19-10-18-9-16-4-3-14(33-16)7-12-1-2-13(32-12)8-15-5-6-17(34-15)11-20(19)35-18;/h4*1-11,33-34H;. The van der Waals surface area contributed by atoms with Gasteiger partial charge in [-0.05, 0) is 267 Å². The van der Waals surface area contributed by atoms with Crippen LogP contribution < -0.4 is 0 Å². The number of aromatic nitrogens is 16. The third-order valence-electron chi connectivity index (χ3n) is 22.6. The molecule has 12 aromatic heterocycles. The summed E-state index contributed by atoms with van der Waals surface area (Å²) >= 11 is 0. The van der Waals surface area contributed by atoms with Gasteiger partial charge in [-0.25, -0.2) is 128 Å². The second-order valence-electron chi connectivity index (χ2n) is 32.1. The fourth-order valence-electron chi connectivity index (χ4n) is 16.2. The molecule has 37 heteroatoms. The molecule has 24 rings (SSSR count). The topological polar surface area (TPSA) is 229 Å². The van der Waals surface area contributed by atoms with Crippen LogP contribution in [0.5, 0.6) is 0 Å². The van der Waals surface area contributed by atoms with E-state index in [2.05, 4.69) is 79.7 Å². The Balaban J connectivity index is 0.000000115. The van der Waals surface area contributed by atoms with Crippen LogP contribution in [-0.2, 0) is 21.1 Å². The third kappa shape index (κ3) is 18.0. The zero-order valence-electron chi connectivity index (χ0n) is 70.9. The van der Waals surface area contributed by atoms with E-state index in [9.17, 15) is 87.8 Å². The van der Waals surface area contributed by atoms with Crippen molar-refractivity contribution in [3.8, 4) is 0 Å². The van der Waals surface area contributed by atoms with Gasteiger partial charge >= 0.3 is 0 Å². The van der Waals surface area contributed by atoms with E-state index in [-0.39, 0.29) is 88.9 Å². The summed E-state index contributed by atoms with van der Waals surface area (Å²) in [7, 11) is 0. The summed E-state index contributed by atoms with van der Waals surface area (Å²) in [6.07, 6.45) is 20.1. The number of fused-ring (bicyclic) bond motifs is 32. The van der Waals surface area contributed by atoms with E-state index < -0.39 is 139 Å². The van der Waals surface area contributed by atoms with Crippen LogP contribution in [0.25, 0.3) is 183 Å². The summed E-state index contributed by atoms with van der Waals surface area (Å²) in [5.74, 6) is -40.3. The molecule has 0 atom stereocenters. The molecule has 8 aliphatic heterocycles. The van der Waals surface area contributed by atoms with Crippen LogP contribution in [0.1, 0.15) is 113 Å². The van der Waals surface area contributed by atoms with Gasteiger partial charge in [0.2, 0.25) is 23.3 Å². The Morgan fingerprint density at radius 3 is 0.383 bits per heavy atom. The van der Waals surface area contributed by atoms with Crippen molar-refractivity contribution in [3.63, 3.8) is 0 Å². The Labute approximate surface area is 791 Å². The molecule has 4 aromatic carbocycles. The molecule has 0 fully saturated rings. The summed E-state index contributed by atoms with van der Waals surface area (Å²) in [4.78, 5) is 60.9. The largest absolute Gasteiger partial charge is 0.355 e. The van der Waals surface area contributed by atoms with Gasteiger partial charge in [0.1, 0.15) is 0 Å². The molecule has 16 nitrogen and oxygen atoms in total. The second-order valence-corrected chi connectivity index (χ2v) is 32.1. The predicted octanol–water partition coefficient (Wildman–Crippen LogP) is 27.1. The molecule has 0 unspecified atom stereocenters. The number of nitrogens with zero attached hydrogens (tertiary/aromatic N) is 8. The number of hydrogen-bond acceptors (Lipinski definition) is 8. The zero-order chi connectivity index (χ0) is 97.1. The second kappa shape index (κ2) is 36.6. The maximum absolute atomic E-state index is 14.7. The molecule has 20 heterocycles. The molecule has 698 valence electrons. The number of aromatic amines is 8. The molecule has 141 heavy (non-hydrogen) atoms. The van der Waals surface area contributed by atoms with Crippen molar-refractivity contribution in [1.82, 2.24) is 79.7 Å². The smallest absolute Gasteiger partial charge is 0.200 e. The van der Waals surface area contributed by atoms with E-state index in [1.807, 2.05) is 121 Å². The van der Waals surface area contributed by atoms with E-state index in [4.69, 9.17) is 0 Å². The van der Waals surface area contributed by atoms with Crippen LogP contribution in [-0.4, -0.2) is 79.7 Å². The molecule has 0 radical (unpaired) electrons. The number of hydrogen-bond donors (Lipinski definition) is 8. The van der Waals surface area contributed by atoms with Gasteiger partial charge in [0.25, 0.3) is 0 Å². The Bertz CT molecular complexity index is 7980. The van der Waals surface area contributed by atoms with Crippen LogP contribution in [0.15, 0.2) is 194 Å². The summed E-state index contributed by atoms with van der Waals surface area (Å²) in [6.45, 7) is 0. The first-order valence-corrected chi connectivity index (χ1v) is 41.8. The van der Waals surface area contributed by atoms with Crippen LogP contribution in [0.4, 0.5) is 87.8 Å². The molecule has 0 spiro atoms. The average molecular weight is 2100 g/mol. The SMILES string of the molecule is Fc1c(F)c(F)c(C2=Cc3cc4ccc(cc5nc(cc6ccc(cc2n3)[nH]6)C=C5)[nH]4)c(F)c1F.Fc1c(F)c(F)c(C2=Cc3cc4ccc(cc5nc(cc6ccc(cc2n3)[nH]6)C=C5)[nH]4)c(F)c1F.Fc1c(F)c(F)c(C2=Cc3cc4ccc(cc5nc(cc6ccc(cc2n3)[nH]6)C=C5)[nH]4)c(F)c1F.Fc1c(F)c(F)c(C2=Cc3cc4ccc(cc5nc(cc6ccc(cc2n3)[nH]6)C=C5)[nH]4)c(F)c1F.[Pt]. The molecule has 8 aliphatic rings. The summed E-state index contributed by atoms with van der Waals surface area (Å²) in [5.41, 5.74) is 12.4. The minimum Gasteiger partial charge on any atom is -0.355 e. The van der Waals surface area contributed by atoms with Gasteiger partial charge in [0.15, 0.2) is 93.1 Å². The first-order chi connectivity index (χ1) is 67.4. The van der Waals surface area contributed by atoms with Crippen LogP contribution >= 0.6 is 0 Å². The van der Waals surface area contributed by atoms with Gasteiger partial charge in [-0.2, -0.15) is 0 Å². The van der Waals surface area contributed by atoms with Gasteiger partial charge < -0.3 is 39.9 Å². The average Bonchev–Trinajstić information content (AvgIpc) is 1.52. The van der Waals surface area contributed by atoms with E-state index in [1.165, 1.54) is 48.6 Å². The minimum absolute atomic E-state index is 0. The summed E-state index contributed by atoms with van der Waals surface area (Å²) in [6, 6.07) is 55.2. The van der Waals surface area contributed by atoms with Crippen molar-refractivity contribution in [1.29, 1.82) is 0 Å². The van der Waals surface area contributed by atoms with E-state index in [0.29, 0.717) is 89.0 Å². The quantitative estimate of drug-likeness (QED) is 0.0479. The summed E-state index contributed by atoms with van der Waals surface area (Å²) in [5, 5.41) is 0. The monoisotopic (exact) mass is 2100 g/mol. The molecular formula is C104H52F20N16Pt. The molecule has 16 aromatic rings. The zero-order valence-corrected chi connectivity index (χ0v) is 73.1. The fourth-order valence-corrected chi connectivity index (χ4v) is 16.2. The summed E-state index contributed by atoms with van der Waals surface area (Å²) < 4.78 is 284.